The van der Waals surface area contributed by atoms with Gasteiger partial charge < -0.3 is 14.6 Å². The number of rotatable bonds is 5. The predicted octanol–water partition coefficient (Wildman–Crippen LogP) is 3.34. The van der Waals surface area contributed by atoms with Gasteiger partial charge >= 0.3 is 0 Å². The number of benzene rings is 2. The highest BCUT2D eigenvalue weighted by atomic mass is 35.5. The van der Waals surface area contributed by atoms with E-state index in [9.17, 15) is 9.90 Å². The fourth-order valence-corrected chi connectivity index (χ4v) is 2.17. The Morgan fingerprint density at radius 3 is 2.29 bits per heavy atom. The van der Waals surface area contributed by atoms with Crippen LogP contribution in [0.25, 0.3) is 6.08 Å². The van der Waals surface area contributed by atoms with Crippen molar-refractivity contribution in [3.8, 4) is 5.75 Å². The Morgan fingerprint density at radius 1 is 1.10 bits per heavy atom. The minimum Gasteiger partial charge on any atom is -0.545 e. The molecule has 0 spiro atoms. The molecule has 0 unspecified atom stereocenters. The molecule has 2 aromatic carbocycles. The zero-order valence-electron chi connectivity index (χ0n) is 10.9. The molecule has 0 saturated heterocycles. The first-order valence-electron chi connectivity index (χ1n) is 6.11. The Balaban J connectivity index is 2.02. The summed E-state index contributed by atoms with van der Waals surface area (Å²) in [5, 5.41) is 11.4. The quantitative estimate of drug-likeness (QED) is 0.793. The maximum absolute atomic E-state index is 10.3. The fraction of sp³-hybridized carbons (Fsp3) is 0.0625. The lowest BCUT2D eigenvalue weighted by atomic mass is 10.2. The van der Waals surface area contributed by atoms with Crippen molar-refractivity contribution < 1.29 is 14.6 Å². The largest absolute Gasteiger partial charge is 0.545 e. The van der Waals surface area contributed by atoms with Crippen molar-refractivity contribution in [2.24, 2.45) is 0 Å². The lowest BCUT2D eigenvalue weighted by Gasteiger charge is -2.09. The predicted molar refractivity (Wildman–Crippen MR) is 81.3 cm³/mol. The zero-order chi connectivity index (χ0) is 15.2. The number of carbonyl (C=O) groups is 1. The zero-order valence-corrected chi connectivity index (χ0v) is 12.4. The summed E-state index contributed by atoms with van der Waals surface area (Å²) in [6.07, 6.45) is 2.42. The standard InChI is InChI=1S/C16H12Cl2O3/c17-14-2-1-3-15(18)13(14)10-21-12-7-4-11(5-8-12)6-9-16(19)20/h1-9H,10H2,(H,19,20)/p-1/b9-6+. The van der Waals surface area contributed by atoms with E-state index in [1.54, 1.807) is 42.5 Å². The smallest absolute Gasteiger partial charge is 0.119 e. The van der Waals surface area contributed by atoms with E-state index in [0.717, 1.165) is 17.2 Å². The second kappa shape index (κ2) is 7.16. The highest BCUT2D eigenvalue weighted by molar-refractivity contribution is 6.35. The molecule has 21 heavy (non-hydrogen) atoms. The first-order valence-corrected chi connectivity index (χ1v) is 6.86. The number of hydrogen-bond donors (Lipinski definition) is 0. The number of hydrogen-bond acceptors (Lipinski definition) is 3. The topological polar surface area (TPSA) is 49.4 Å². The number of carbonyl (C=O) groups excluding carboxylic acids is 1. The van der Waals surface area contributed by atoms with Crippen LogP contribution in [-0.4, -0.2) is 5.97 Å². The maximum Gasteiger partial charge on any atom is 0.119 e. The van der Waals surface area contributed by atoms with Crippen LogP contribution in [0.1, 0.15) is 11.1 Å². The summed E-state index contributed by atoms with van der Waals surface area (Å²) in [7, 11) is 0. The van der Waals surface area contributed by atoms with Gasteiger partial charge in [0.05, 0.1) is 5.97 Å². The molecule has 0 heterocycles. The van der Waals surface area contributed by atoms with Crippen molar-refractivity contribution in [2.75, 3.05) is 0 Å². The van der Waals surface area contributed by atoms with Crippen LogP contribution in [0.2, 0.25) is 10.0 Å². The molecule has 0 radical (unpaired) electrons. The van der Waals surface area contributed by atoms with Crippen LogP contribution < -0.4 is 9.84 Å². The van der Waals surface area contributed by atoms with Crippen LogP contribution in [0.15, 0.2) is 48.5 Å². The molecule has 5 heteroatoms. The lowest BCUT2D eigenvalue weighted by Crippen LogP contribution is -2.18. The molecular weight excluding hydrogens is 311 g/mol. The van der Waals surface area contributed by atoms with Crippen LogP contribution in [0, 0.1) is 0 Å². The van der Waals surface area contributed by atoms with Crippen LogP contribution in [-0.2, 0) is 11.4 Å². The molecule has 0 saturated carbocycles. The summed E-state index contributed by atoms with van der Waals surface area (Å²) in [4.78, 5) is 10.3. The summed E-state index contributed by atoms with van der Waals surface area (Å²) in [6, 6.07) is 12.2. The maximum atomic E-state index is 10.3. The Hall–Kier alpha value is -1.97. The Kier molecular flexibility index (Phi) is 5.26. The molecule has 0 aliphatic carbocycles. The first kappa shape index (κ1) is 15.4. The summed E-state index contributed by atoms with van der Waals surface area (Å²) >= 11 is 12.1. The first-order chi connectivity index (χ1) is 10.1. The Bertz CT molecular complexity index is 643. The van der Waals surface area contributed by atoms with Gasteiger partial charge in [0.25, 0.3) is 0 Å². The molecule has 0 aromatic heterocycles. The van der Waals surface area contributed by atoms with Crippen molar-refractivity contribution in [1.29, 1.82) is 0 Å². The van der Waals surface area contributed by atoms with Crippen molar-refractivity contribution in [3.63, 3.8) is 0 Å². The van der Waals surface area contributed by atoms with E-state index in [4.69, 9.17) is 27.9 Å². The number of aliphatic carboxylic acids is 1. The van der Waals surface area contributed by atoms with E-state index in [-0.39, 0.29) is 6.61 Å². The second-order valence-electron chi connectivity index (χ2n) is 4.21. The third-order valence-electron chi connectivity index (χ3n) is 2.74. The molecule has 0 bridgehead atoms. The summed E-state index contributed by atoms with van der Waals surface area (Å²) in [6.45, 7) is 0.257. The van der Waals surface area contributed by atoms with Crippen molar-refractivity contribution in [3.05, 3.63) is 69.7 Å². The highest BCUT2D eigenvalue weighted by Crippen LogP contribution is 2.26. The molecule has 0 amide bonds. The van der Waals surface area contributed by atoms with Crippen LogP contribution >= 0.6 is 23.2 Å². The minimum atomic E-state index is -1.23. The number of ether oxygens (including phenoxy) is 1. The van der Waals surface area contributed by atoms with Crippen LogP contribution in [0.3, 0.4) is 0 Å². The highest BCUT2D eigenvalue weighted by Gasteiger charge is 2.06. The van der Waals surface area contributed by atoms with Gasteiger partial charge in [-0.25, -0.2) is 0 Å². The Labute approximate surface area is 132 Å². The molecule has 0 N–H and O–H groups in total. The van der Waals surface area contributed by atoms with Crippen LogP contribution in [0.4, 0.5) is 0 Å². The van der Waals surface area contributed by atoms with Gasteiger partial charge in [0, 0.05) is 15.6 Å². The average Bonchev–Trinajstić information content (AvgIpc) is 2.46. The van der Waals surface area contributed by atoms with E-state index >= 15 is 0 Å². The Morgan fingerprint density at radius 2 is 1.71 bits per heavy atom. The van der Waals surface area contributed by atoms with Crippen LogP contribution in [0.5, 0.6) is 5.75 Å². The third-order valence-corrected chi connectivity index (χ3v) is 3.45. The molecule has 2 rings (SSSR count). The molecular formula is C16H11Cl2O3-. The van der Waals surface area contributed by atoms with Gasteiger partial charge in [-0.1, -0.05) is 47.5 Å². The lowest BCUT2D eigenvalue weighted by molar-refractivity contribution is -0.297. The van der Waals surface area contributed by atoms with E-state index in [2.05, 4.69) is 0 Å². The van der Waals surface area contributed by atoms with Crippen molar-refractivity contribution in [1.82, 2.24) is 0 Å². The van der Waals surface area contributed by atoms with Gasteiger partial charge in [0.1, 0.15) is 12.4 Å². The van der Waals surface area contributed by atoms with Crippen molar-refractivity contribution >= 4 is 35.2 Å². The van der Waals surface area contributed by atoms with Gasteiger partial charge in [-0.3, -0.25) is 0 Å². The molecule has 2 aromatic rings. The fourth-order valence-electron chi connectivity index (χ4n) is 1.67. The van der Waals surface area contributed by atoms with Gasteiger partial charge in [-0.15, -0.1) is 0 Å². The summed E-state index contributed by atoms with van der Waals surface area (Å²) in [5.41, 5.74) is 1.46. The number of carboxylic acids is 1. The molecule has 0 atom stereocenters. The second-order valence-corrected chi connectivity index (χ2v) is 5.02. The van der Waals surface area contributed by atoms with Gasteiger partial charge in [-0.05, 0) is 35.9 Å². The molecule has 0 aliphatic rings. The number of carboxylic acid groups (broad SMARTS) is 1. The van der Waals surface area contributed by atoms with E-state index in [0.29, 0.717) is 15.8 Å². The van der Waals surface area contributed by atoms with Gasteiger partial charge in [0.15, 0.2) is 0 Å². The molecule has 3 nitrogen and oxygen atoms in total. The molecule has 0 aliphatic heterocycles. The van der Waals surface area contributed by atoms with Crippen molar-refractivity contribution in [2.45, 2.75) is 6.61 Å². The molecule has 0 fully saturated rings. The summed E-state index contributed by atoms with van der Waals surface area (Å²) < 4.78 is 5.61. The monoisotopic (exact) mass is 321 g/mol. The van der Waals surface area contributed by atoms with E-state index in [1.165, 1.54) is 6.08 Å². The third kappa shape index (κ3) is 4.52. The number of halogens is 2. The average molecular weight is 322 g/mol. The molecule has 108 valence electrons. The van der Waals surface area contributed by atoms with Gasteiger partial charge in [0.2, 0.25) is 0 Å². The SMILES string of the molecule is O=C([O-])/C=C/c1ccc(OCc2c(Cl)cccc2Cl)cc1. The summed E-state index contributed by atoms with van der Waals surface area (Å²) in [5.74, 6) is -0.597. The normalized spacial score (nSPS) is 10.8. The van der Waals surface area contributed by atoms with E-state index < -0.39 is 5.97 Å². The van der Waals surface area contributed by atoms with E-state index in [1.807, 2.05) is 0 Å². The minimum absolute atomic E-state index is 0.257. The van der Waals surface area contributed by atoms with Gasteiger partial charge in [-0.2, -0.15) is 0 Å².